The van der Waals surface area contributed by atoms with E-state index in [9.17, 15) is 0 Å². The van der Waals surface area contributed by atoms with Gasteiger partial charge in [-0.15, -0.1) is 0 Å². The Balaban J connectivity index is 1.68. The summed E-state index contributed by atoms with van der Waals surface area (Å²) in [6, 6.07) is 7.84. The molecule has 106 valence electrons. The van der Waals surface area contributed by atoms with Gasteiger partial charge in [0.1, 0.15) is 6.61 Å². The highest BCUT2D eigenvalue weighted by atomic mass is 16.5. The van der Waals surface area contributed by atoms with Crippen LogP contribution in [0, 0.1) is 5.41 Å². The molecule has 1 aliphatic carbocycles. The number of benzene rings is 1. The molecule has 0 heterocycles. The van der Waals surface area contributed by atoms with Crippen LogP contribution < -0.4 is 14.8 Å². The van der Waals surface area contributed by atoms with Crippen LogP contribution in [-0.4, -0.2) is 26.3 Å². The van der Waals surface area contributed by atoms with Crippen LogP contribution in [-0.2, 0) is 0 Å². The standard InChI is InChI=1S/C16H25NO2/c1-3-16(9-10-16)13-17-11-12-19-15-8-6-5-7-14(15)18-4-2/h5-8,17H,3-4,9-13H2,1-2H3. The lowest BCUT2D eigenvalue weighted by Gasteiger charge is -2.14. The van der Waals surface area contributed by atoms with Gasteiger partial charge in [-0.25, -0.2) is 0 Å². The van der Waals surface area contributed by atoms with Crippen molar-refractivity contribution in [2.75, 3.05) is 26.3 Å². The third-order valence-corrected chi connectivity index (χ3v) is 3.89. The Hall–Kier alpha value is -1.22. The van der Waals surface area contributed by atoms with Gasteiger partial charge in [0.15, 0.2) is 11.5 Å². The number of rotatable bonds is 9. The predicted octanol–water partition coefficient (Wildman–Crippen LogP) is 3.24. The fourth-order valence-electron chi connectivity index (χ4n) is 2.26. The van der Waals surface area contributed by atoms with Crippen LogP contribution in [0.3, 0.4) is 0 Å². The molecule has 3 nitrogen and oxygen atoms in total. The molecule has 0 aliphatic heterocycles. The van der Waals surface area contributed by atoms with E-state index in [-0.39, 0.29) is 0 Å². The molecule has 0 spiro atoms. The van der Waals surface area contributed by atoms with Gasteiger partial charge in [-0.3, -0.25) is 0 Å². The maximum Gasteiger partial charge on any atom is 0.161 e. The average Bonchev–Trinajstić information content (AvgIpc) is 3.21. The highest BCUT2D eigenvalue weighted by Crippen LogP contribution is 2.47. The molecule has 1 N–H and O–H groups in total. The molecule has 0 bridgehead atoms. The van der Waals surface area contributed by atoms with E-state index in [0.717, 1.165) is 24.6 Å². The quantitative estimate of drug-likeness (QED) is 0.694. The van der Waals surface area contributed by atoms with E-state index < -0.39 is 0 Å². The molecule has 1 aromatic rings. The summed E-state index contributed by atoms with van der Waals surface area (Å²) in [6.07, 6.45) is 4.04. The van der Waals surface area contributed by atoms with Crippen LogP contribution in [0.25, 0.3) is 0 Å². The molecule has 1 aromatic carbocycles. The second-order valence-corrected chi connectivity index (χ2v) is 5.26. The molecule has 0 saturated heterocycles. The number of hydrogen-bond donors (Lipinski definition) is 1. The minimum atomic E-state index is 0.600. The van der Waals surface area contributed by atoms with Crippen LogP contribution in [0.1, 0.15) is 33.1 Å². The summed E-state index contributed by atoms with van der Waals surface area (Å²) in [5.74, 6) is 1.67. The molecule has 1 aliphatic rings. The van der Waals surface area contributed by atoms with Crippen molar-refractivity contribution in [3.8, 4) is 11.5 Å². The fourth-order valence-corrected chi connectivity index (χ4v) is 2.26. The van der Waals surface area contributed by atoms with E-state index in [1.54, 1.807) is 0 Å². The van der Waals surface area contributed by atoms with E-state index in [4.69, 9.17) is 9.47 Å². The smallest absolute Gasteiger partial charge is 0.161 e. The summed E-state index contributed by atoms with van der Waals surface area (Å²) < 4.78 is 11.3. The van der Waals surface area contributed by atoms with Crippen LogP contribution in [0.2, 0.25) is 0 Å². The lowest BCUT2D eigenvalue weighted by Crippen LogP contribution is -2.27. The topological polar surface area (TPSA) is 30.5 Å². The van der Waals surface area contributed by atoms with Gasteiger partial charge >= 0.3 is 0 Å². The van der Waals surface area contributed by atoms with Crippen LogP contribution >= 0.6 is 0 Å². The molecule has 2 rings (SSSR count). The first kappa shape index (κ1) is 14.2. The molecule has 0 amide bonds. The minimum Gasteiger partial charge on any atom is -0.490 e. The Kier molecular flexibility index (Phi) is 5.08. The molecule has 1 fully saturated rings. The van der Waals surface area contributed by atoms with Crippen molar-refractivity contribution in [2.24, 2.45) is 5.41 Å². The Labute approximate surface area is 116 Å². The molecule has 0 unspecified atom stereocenters. The molecule has 0 radical (unpaired) electrons. The van der Waals surface area contributed by atoms with Crippen molar-refractivity contribution in [3.05, 3.63) is 24.3 Å². The summed E-state index contributed by atoms with van der Waals surface area (Å²) in [5, 5.41) is 3.49. The number of hydrogen-bond acceptors (Lipinski definition) is 3. The maximum atomic E-state index is 5.77. The van der Waals surface area contributed by atoms with Crippen LogP contribution in [0.4, 0.5) is 0 Å². The van der Waals surface area contributed by atoms with E-state index in [1.165, 1.54) is 19.3 Å². The van der Waals surface area contributed by atoms with Gasteiger partial charge in [0.05, 0.1) is 6.61 Å². The molecule has 0 aromatic heterocycles. The molecular formula is C16H25NO2. The monoisotopic (exact) mass is 263 g/mol. The largest absolute Gasteiger partial charge is 0.490 e. The van der Waals surface area contributed by atoms with Crippen LogP contribution in [0.15, 0.2) is 24.3 Å². The lowest BCUT2D eigenvalue weighted by molar-refractivity contribution is 0.272. The van der Waals surface area contributed by atoms with Crippen molar-refractivity contribution in [3.63, 3.8) is 0 Å². The van der Waals surface area contributed by atoms with Gasteiger partial charge in [-0.2, -0.15) is 0 Å². The Bertz CT molecular complexity index is 388. The van der Waals surface area contributed by atoms with Crippen molar-refractivity contribution in [1.82, 2.24) is 5.32 Å². The fraction of sp³-hybridized carbons (Fsp3) is 0.625. The van der Waals surface area contributed by atoms with E-state index in [1.807, 2.05) is 31.2 Å². The van der Waals surface area contributed by atoms with Crippen LogP contribution in [0.5, 0.6) is 11.5 Å². The van der Waals surface area contributed by atoms with Gasteiger partial charge < -0.3 is 14.8 Å². The molecule has 1 saturated carbocycles. The Morgan fingerprint density at radius 2 is 1.79 bits per heavy atom. The second-order valence-electron chi connectivity index (χ2n) is 5.26. The summed E-state index contributed by atoms with van der Waals surface area (Å²) in [5.41, 5.74) is 0.600. The van der Waals surface area contributed by atoms with Crippen molar-refractivity contribution in [2.45, 2.75) is 33.1 Å². The average molecular weight is 263 g/mol. The molecule has 3 heteroatoms. The first-order valence-corrected chi connectivity index (χ1v) is 7.35. The van der Waals surface area contributed by atoms with Gasteiger partial charge in [0.25, 0.3) is 0 Å². The van der Waals surface area contributed by atoms with Gasteiger partial charge in [0, 0.05) is 13.1 Å². The SMILES string of the molecule is CCOc1ccccc1OCCNCC1(CC)CC1. The lowest BCUT2D eigenvalue weighted by atomic mass is 10.0. The van der Waals surface area contributed by atoms with Gasteiger partial charge in [0.2, 0.25) is 0 Å². The van der Waals surface area contributed by atoms with Gasteiger partial charge in [-0.05, 0) is 43.7 Å². The van der Waals surface area contributed by atoms with E-state index >= 15 is 0 Å². The Morgan fingerprint density at radius 1 is 1.11 bits per heavy atom. The zero-order valence-electron chi connectivity index (χ0n) is 12.1. The zero-order valence-corrected chi connectivity index (χ0v) is 12.1. The van der Waals surface area contributed by atoms with Crippen molar-refractivity contribution < 1.29 is 9.47 Å². The second kappa shape index (κ2) is 6.80. The van der Waals surface area contributed by atoms with E-state index in [2.05, 4.69) is 12.2 Å². The summed E-state index contributed by atoms with van der Waals surface area (Å²) in [4.78, 5) is 0. The minimum absolute atomic E-state index is 0.600. The third kappa shape index (κ3) is 4.13. The number of nitrogens with one attached hydrogen (secondary N) is 1. The van der Waals surface area contributed by atoms with Crippen molar-refractivity contribution in [1.29, 1.82) is 0 Å². The first-order chi connectivity index (χ1) is 9.29. The third-order valence-electron chi connectivity index (χ3n) is 3.89. The summed E-state index contributed by atoms with van der Waals surface area (Å²) in [7, 11) is 0. The number of para-hydroxylation sites is 2. The molecule has 19 heavy (non-hydrogen) atoms. The molecule has 0 atom stereocenters. The zero-order chi connectivity index (χ0) is 13.6. The predicted molar refractivity (Wildman–Crippen MR) is 77.9 cm³/mol. The normalized spacial score (nSPS) is 16.1. The molecular weight excluding hydrogens is 238 g/mol. The Morgan fingerprint density at radius 3 is 2.37 bits per heavy atom. The maximum absolute atomic E-state index is 5.77. The first-order valence-electron chi connectivity index (χ1n) is 7.35. The highest BCUT2D eigenvalue weighted by molar-refractivity contribution is 5.39. The van der Waals surface area contributed by atoms with E-state index in [0.29, 0.717) is 18.6 Å². The van der Waals surface area contributed by atoms with Crippen molar-refractivity contribution >= 4 is 0 Å². The van der Waals surface area contributed by atoms with Gasteiger partial charge in [-0.1, -0.05) is 19.1 Å². The number of ether oxygens (including phenoxy) is 2. The summed E-state index contributed by atoms with van der Waals surface area (Å²) in [6.45, 7) is 7.63. The highest BCUT2D eigenvalue weighted by Gasteiger charge is 2.39. The summed E-state index contributed by atoms with van der Waals surface area (Å²) >= 11 is 0.